The van der Waals surface area contributed by atoms with Crippen LogP contribution in [0.3, 0.4) is 0 Å². The number of anilines is 1. The lowest BCUT2D eigenvalue weighted by molar-refractivity contribution is 0.0963. The molecule has 2 N–H and O–H groups in total. The Morgan fingerprint density at radius 2 is 2.10 bits per heavy atom. The van der Waals surface area contributed by atoms with Crippen molar-refractivity contribution in [2.45, 2.75) is 26.2 Å². The van der Waals surface area contributed by atoms with Gasteiger partial charge < -0.3 is 15.5 Å². The molecule has 1 aromatic carbocycles. The number of piperazine rings is 1. The summed E-state index contributed by atoms with van der Waals surface area (Å²) in [6.07, 6.45) is 3.38. The van der Waals surface area contributed by atoms with Crippen LogP contribution in [-0.4, -0.2) is 39.1 Å². The maximum absolute atomic E-state index is 12.1. The first-order chi connectivity index (χ1) is 9.77. The van der Waals surface area contributed by atoms with E-state index in [-0.39, 0.29) is 5.91 Å². The minimum Gasteiger partial charge on any atom is -0.368 e. The second kappa shape index (κ2) is 7.29. The van der Waals surface area contributed by atoms with Crippen LogP contribution < -0.4 is 15.5 Å². The lowest BCUT2D eigenvalue weighted by atomic mass is 10.00. The monoisotopic (exact) mass is 275 g/mol. The summed E-state index contributed by atoms with van der Waals surface area (Å²) in [5.41, 5.74) is 3.25. The first kappa shape index (κ1) is 14.9. The molecule has 0 aliphatic carbocycles. The van der Waals surface area contributed by atoms with Crippen molar-refractivity contribution < 1.29 is 4.79 Å². The zero-order valence-corrected chi connectivity index (χ0v) is 12.5. The predicted molar refractivity (Wildman–Crippen MR) is 83.5 cm³/mol. The Morgan fingerprint density at radius 1 is 1.35 bits per heavy atom. The highest BCUT2D eigenvalue weighted by Crippen LogP contribution is 2.27. The van der Waals surface area contributed by atoms with E-state index in [9.17, 15) is 4.79 Å². The number of para-hydroxylation sites is 1. The molecule has 1 saturated heterocycles. The fourth-order valence-corrected chi connectivity index (χ4v) is 2.74. The van der Waals surface area contributed by atoms with Gasteiger partial charge in [-0.05, 0) is 24.5 Å². The number of amides is 1. The molecule has 20 heavy (non-hydrogen) atoms. The van der Waals surface area contributed by atoms with E-state index in [0.29, 0.717) is 0 Å². The number of benzene rings is 1. The Labute approximate surface area is 121 Å². The van der Waals surface area contributed by atoms with Gasteiger partial charge in [0.15, 0.2) is 0 Å². The molecule has 4 heteroatoms. The third-order valence-corrected chi connectivity index (χ3v) is 3.82. The topological polar surface area (TPSA) is 44.4 Å². The number of nitrogens with zero attached hydrogens (tertiary/aromatic N) is 1. The number of carbonyl (C=O) groups is 1. The lowest BCUT2D eigenvalue weighted by Crippen LogP contribution is -2.44. The molecular formula is C16H25N3O. The van der Waals surface area contributed by atoms with Crippen molar-refractivity contribution in [3.05, 3.63) is 29.3 Å². The Kier molecular flexibility index (Phi) is 5.41. The summed E-state index contributed by atoms with van der Waals surface area (Å²) >= 11 is 0. The second-order valence-corrected chi connectivity index (χ2v) is 5.23. The van der Waals surface area contributed by atoms with E-state index in [1.54, 1.807) is 7.05 Å². The van der Waals surface area contributed by atoms with Crippen molar-refractivity contribution >= 4 is 11.6 Å². The highest BCUT2D eigenvalue weighted by Gasteiger charge is 2.20. The summed E-state index contributed by atoms with van der Waals surface area (Å²) < 4.78 is 0. The number of unbranched alkanes of at least 4 members (excludes halogenated alkanes) is 1. The van der Waals surface area contributed by atoms with Crippen molar-refractivity contribution in [2.24, 2.45) is 0 Å². The Hall–Kier alpha value is -1.55. The summed E-state index contributed by atoms with van der Waals surface area (Å²) in [6.45, 7) is 6.10. The summed E-state index contributed by atoms with van der Waals surface area (Å²) in [5, 5.41) is 6.13. The highest BCUT2D eigenvalue weighted by molar-refractivity contribution is 6.00. The number of nitrogens with one attached hydrogen (secondary N) is 2. The molecule has 0 atom stereocenters. The minimum atomic E-state index is 0.0110. The summed E-state index contributed by atoms with van der Waals surface area (Å²) in [4.78, 5) is 14.5. The molecule has 1 aromatic rings. The van der Waals surface area contributed by atoms with Crippen LogP contribution in [0.2, 0.25) is 0 Å². The Bertz CT molecular complexity index is 453. The molecule has 0 bridgehead atoms. The molecule has 1 heterocycles. The van der Waals surface area contributed by atoms with Crippen molar-refractivity contribution in [1.82, 2.24) is 10.6 Å². The van der Waals surface area contributed by atoms with Crippen molar-refractivity contribution in [3.63, 3.8) is 0 Å². The Morgan fingerprint density at radius 3 is 2.75 bits per heavy atom. The summed E-state index contributed by atoms with van der Waals surface area (Å²) in [6, 6.07) is 6.10. The number of carbonyl (C=O) groups excluding carboxylic acids is 1. The minimum absolute atomic E-state index is 0.0110. The number of aryl methyl sites for hydroxylation is 1. The fraction of sp³-hybridized carbons (Fsp3) is 0.562. The number of hydrogen-bond acceptors (Lipinski definition) is 3. The molecule has 0 saturated carbocycles. The van der Waals surface area contributed by atoms with Gasteiger partial charge in [0, 0.05) is 33.2 Å². The zero-order valence-electron chi connectivity index (χ0n) is 12.5. The summed E-state index contributed by atoms with van der Waals surface area (Å²) in [5.74, 6) is 0.0110. The SMILES string of the molecule is CCCCc1cccc(C(=O)NC)c1N1CCNCC1. The molecule has 0 unspecified atom stereocenters. The maximum atomic E-state index is 12.1. The molecule has 1 amide bonds. The molecule has 1 fully saturated rings. The van der Waals surface area contributed by atoms with Gasteiger partial charge in [-0.25, -0.2) is 0 Å². The molecule has 0 radical (unpaired) electrons. The average Bonchev–Trinajstić information content (AvgIpc) is 2.52. The molecule has 1 aliphatic heterocycles. The van der Waals surface area contributed by atoms with Crippen molar-refractivity contribution in [1.29, 1.82) is 0 Å². The maximum Gasteiger partial charge on any atom is 0.253 e. The van der Waals surface area contributed by atoms with E-state index in [4.69, 9.17) is 0 Å². The second-order valence-electron chi connectivity index (χ2n) is 5.23. The van der Waals surface area contributed by atoms with Crippen LogP contribution in [0.15, 0.2) is 18.2 Å². The standard InChI is InChI=1S/C16H25N3O/c1-3-4-6-13-7-5-8-14(16(20)17-2)15(13)19-11-9-18-10-12-19/h5,7-8,18H,3-4,6,9-12H2,1-2H3,(H,17,20). The smallest absolute Gasteiger partial charge is 0.253 e. The number of hydrogen-bond donors (Lipinski definition) is 2. The molecule has 110 valence electrons. The van der Waals surface area contributed by atoms with E-state index in [1.165, 1.54) is 12.0 Å². The molecule has 1 aliphatic rings. The average molecular weight is 275 g/mol. The van der Waals surface area contributed by atoms with E-state index < -0.39 is 0 Å². The molecular weight excluding hydrogens is 250 g/mol. The van der Waals surface area contributed by atoms with Crippen molar-refractivity contribution in [3.8, 4) is 0 Å². The van der Waals surface area contributed by atoms with Gasteiger partial charge in [0.25, 0.3) is 5.91 Å². The van der Waals surface area contributed by atoms with Crippen LogP contribution in [0.1, 0.15) is 35.7 Å². The molecule has 0 aromatic heterocycles. The van der Waals surface area contributed by atoms with E-state index in [1.807, 2.05) is 12.1 Å². The molecule has 0 spiro atoms. The van der Waals surface area contributed by atoms with Crippen LogP contribution >= 0.6 is 0 Å². The predicted octanol–water partition coefficient (Wildman–Crippen LogP) is 1.80. The van der Waals surface area contributed by atoms with Crippen LogP contribution in [0, 0.1) is 0 Å². The quantitative estimate of drug-likeness (QED) is 0.861. The highest BCUT2D eigenvalue weighted by atomic mass is 16.1. The van der Waals surface area contributed by atoms with Gasteiger partial charge in [0.1, 0.15) is 0 Å². The van der Waals surface area contributed by atoms with E-state index in [0.717, 1.165) is 50.3 Å². The normalized spacial score (nSPS) is 15.2. The van der Waals surface area contributed by atoms with E-state index >= 15 is 0 Å². The molecule has 2 rings (SSSR count). The summed E-state index contributed by atoms with van der Waals surface area (Å²) in [7, 11) is 1.70. The van der Waals surface area contributed by atoms with E-state index in [2.05, 4.69) is 28.5 Å². The third kappa shape index (κ3) is 3.31. The fourth-order valence-electron chi connectivity index (χ4n) is 2.74. The van der Waals surface area contributed by atoms with Crippen LogP contribution in [-0.2, 0) is 6.42 Å². The zero-order chi connectivity index (χ0) is 14.4. The van der Waals surface area contributed by atoms with Gasteiger partial charge >= 0.3 is 0 Å². The van der Waals surface area contributed by atoms with Crippen molar-refractivity contribution in [2.75, 3.05) is 38.1 Å². The van der Waals surface area contributed by atoms with Crippen LogP contribution in [0.25, 0.3) is 0 Å². The largest absolute Gasteiger partial charge is 0.368 e. The van der Waals surface area contributed by atoms with Gasteiger partial charge in [-0.2, -0.15) is 0 Å². The lowest BCUT2D eigenvalue weighted by Gasteiger charge is -2.32. The third-order valence-electron chi connectivity index (χ3n) is 3.82. The van der Waals surface area contributed by atoms with Crippen LogP contribution in [0.5, 0.6) is 0 Å². The Balaban J connectivity index is 2.37. The van der Waals surface area contributed by atoms with Gasteiger partial charge in [0.05, 0.1) is 11.3 Å². The van der Waals surface area contributed by atoms with Gasteiger partial charge in [-0.1, -0.05) is 25.5 Å². The first-order valence-electron chi connectivity index (χ1n) is 7.57. The van der Waals surface area contributed by atoms with Gasteiger partial charge in [-0.15, -0.1) is 0 Å². The van der Waals surface area contributed by atoms with Crippen LogP contribution in [0.4, 0.5) is 5.69 Å². The van der Waals surface area contributed by atoms with Gasteiger partial charge in [0.2, 0.25) is 0 Å². The van der Waals surface area contributed by atoms with Gasteiger partial charge in [-0.3, -0.25) is 4.79 Å². The first-order valence-corrected chi connectivity index (χ1v) is 7.57. The number of rotatable bonds is 5. The molecule has 4 nitrogen and oxygen atoms in total.